The van der Waals surface area contributed by atoms with Crippen molar-refractivity contribution in [2.24, 2.45) is 5.92 Å². The van der Waals surface area contributed by atoms with Crippen LogP contribution in [0.25, 0.3) is 0 Å². The lowest BCUT2D eigenvalue weighted by atomic mass is 9.76. The molecule has 2 N–H and O–H groups in total. The first-order valence-corrected chi connectivity index (χ1v) is 9.66. The van der Waals surface area contributed by atoms with Gasteiger partial charge in [0, 0.05) is 13.0 Å². The lowest BCUT2D eigenvalue weighted by molar-refractivity contribution is 0.0650. The van der Waals surface area contributed by atoms with Gasteiger partial charge in [-0.05, 0) is 65.8 Å². The zero-order valence-electron chi connectivity index (χ0n) is 15.8. The van der Waals surface area contributed by atoms with E-state index >= 15 is 0 Å². The molecule has 3 atom stereocenters. The van der Waals surface area contributed by atoms with E-state index in [0.29, 0.717) is 12.3 Å². The van der Waals surface area contributed by atoms with Gasteiger partial charge in [0.05, 0.1) is 13.2 Å². The number of aliphatic hydroxyl groups excluding tert-OH is 2. The standard InChI is InChI=1S/C23H30O3/c1-3-16-4-6-17(7-5-16)10-21-13-19(8-9-23(21)26-2)20-11-18(15-24)12-22(25)14-20/h4-9,13,18,20,22,24-25H,3,10-12,14-15H2,1-2H3. The van der Waals surface area contributed by atoms with Gasteiger partial charge in [-0.25, -0.2) is 0 Å². The van der Waals surface area contributed by atoms with E-state index in [1.54, 1.807) is 7.11 Å². The maximum absolute atomic E-state index is 10.2. The van der Waals surface area contributed by atoms with E-state index in [1.165, 1.54) is 22.3 Å². The lowest BCUT2D eigenvalue weighted by Gasteiger charge is -2.32. The molecule has 3 unspecified atom stereocenters. The number of rotatable bonds is 6. The Labute approximate surface area is 156 Å². The fraction of sp³-hybridized carbons (Fsp3) is 0.478. The molecule has 140 valence electrons. The molecule has 1 aliphatic carbocycles. The van der Waals surface area contributed by atoms with E-state index in [-0.39, 0.29) is 18.6 Å². The maximum Gasteiger partial charge on any atom is 0.122 e. The van der Waals surface area contributed by atoms with Crippen LogP contribution in [0.5, 0.6) is 5.75 Å². The number of methoxy groups -OCH3 is 1. The van der Waals surface area contributed by atoms with Crippen molar-refractivity contribution in [2.75, 3.05) is 13.7 Å². The van der Waals surface area contributed by atoms with E-state index in [2.05, 4.69) is 43.3 Å². The maximum atomic E-state index is 10.2. The Hall–Kier alpha value is -1.84. The summed E-state index contributed by atoms with van der Waals surface area (Å²) in [7, 11) is 1.71. The summed E-state index contributed by atoms with van der Waals surface area (Å²) in [5, 5.41) is 19.7. The van der Waals surface area contributed by atoms with Gasteiger partial charge in [-0.3, -0.25) is 0 Å². The molecule has 0 aromatic heterocycles. The van der Waals surface area contributed by atoms with Gasteiger partial charge in [0.25, 0.3) is 0 Å². The Morgan fingerprint density at radius 2 is 1.73 bits per heavy atom. The Bertz CT molecular complexity index is 708. The molecular weight excluding hydrogens is 324 g/mol. The number of aliphatic hydroxyl groups is 2. The molecule has 26 heavy (non-hydrogen) atoms. The smallest absolute Gasteiger partial charge is 0.122 e. The first kappa shape index (κ1) is 18.9. The molecule has 2 aromatic rings. The molecule has 2 aromatic carbocycles. The highest BCUT2D eigenvalue weighted by atomic mass is 16.5. The second kappa shape index (κ2) is 8.70. The van der Waals surface area contributed by atoms with Gasteiger partial charge < -0.3 is 14.9 Å². The van der Waals surface area contributed by atoms with Crippen LogP contribution in [0.2, 0.25) is 0 Å². The van der Waals surface area contributed by atoms with E-state index < -0.39 is 0 Å². The minimum absolute atomic E-state index is 0.153. The van der Waals surface area contributed by atoms with Crippen LogP contribution in [0.3, 0.4) is 0 Å². The van der Waals surface area contributed by atoms with Crippen molar-refractivity contribution in [1.82, 2.24) is 0 Å². The van der Waals surface area contributed by atoms with Crippen molar-refractivity contribution in [3.05, 3.63) is 64.7 Å². The molecule has 1 aliphatic rings. The molecule has 0 aliphatic heterocycles. The normalized spacial score (nSPS) is 23.0. The van der Waals surface area contributed by atoms with Crippen LogP contribution < -0.4 is 4.74 Å². The number of hydrogen-bond acceptors (Lipinski definition) is 3. The molecule has 1 saturated carbocycles. The van der Waals surface area contributed by atoms with Crippen molar-refractivity contribution >= 4 is 0 Å². The summed E-state index contributed by atoms with van der Waals surface area (Å²) in [6.45, 7) is 2.32. The molecule has 3 nitrogen and oxygen atoms in total. The third kappa shape index (κ3) is 4.46. The number of aryl methyl sites for hydroxylation is 1. The predicted molar refractivity (Wildman–Crippen MR) is 105 cm³/mol. The molecule has 3 rings (SSSR count). The predicted octanol–water partition coefficient (Wildman–Crippen LogP) is 4.09. The number of hydrogen-bond donors (Lipinski definition) is 2. The summed E-state index contributed by atoms with van der Waals surface area (Å²) in [6.07, 6.45) is 3.98. The van der Waals surface area contributed by atoms with E-state index in [1.807, 2.05) is 6.07 Å². The topological polar surface area (TPSA) is 49.7 Å². The highest BCUT2D eigenvalue weighted by Crippen LogP contribution is 2.38. The van der Waals surface area contributed by atoms with Gasteiger partial charge in [0.1, 0.15) is 5.75 Å². The molecule has 0 saturated heterocycles. The van der Waals surface area contributed by atoms with Gasteiger partial charge in [-0.2, -0.15) is 0 Å². The van der Waals surface area contributed by atoms with Crippen molar-refractivity contribution in [1.29, 1.82) is 0 Å². The Kier molecular flexibility index (Phi) is 6.33. The highest BCUT2D eigenvalue weighted by Gasteiger charge is 2.28. The van der Waals surface area contributed by atoms with Gasteiger partial charge in [0.2, 0.25) is 0 Å². The van der Waals surface area contributed by atoms with Gasteiger partial charge in [-0.15, -0.1) is 0 Å². The molecule has 0 amide bonds. The third-order valence-corrected chi connectivity index (χ3v) is 5.64. The minimum Gasteiger partial charge on any atom is -0.496 e. The summed E-state index contributed by atoms with van der Waals surface area (Å²) in [5.74, 6) is 1.39. The SMILES string of the molecule is CCc1ccc(Cc2cc(C3CC(O)CC(CO)C3)ccc2OC)cc1. The highest BCUT2D eigenvalue weighted by molar-refractivity contribution is 5.42. The summed E-state index contributed by atoms with van der Waals surface area (Å²) >= 11 is 0. The quantitative estimate of drug-likeness (QED) is 0.822. The average molecular weight is 354 g/mol. The van der Waals surface area contributed by atoms with Crippen molar-refractivity contribution < 1.29 is 14.9 Å². The molecule has 0 radical (unpaired) electrons. The van der Waals surface area contributed by atoms with Crippen molar-refractivity contribution in [3.8, 4) is 5.75 Å². The van der Waals surface area contributed by atoms with Crippen LogP contribution in [0.4, 0.5) is 0 Å². The van der Waals surface area contributed by atoms with E-state index in [0.717, 1.165) is 31.4 Å². The zero-order chi connectivity index (χ0) is 18.5. The summed E-state index contributed by atoms with van der Waals surface area (Å²) < 4.78 is 5.58. The first-order valence-electron chi connectivity index (χ1n) is 9.66. The summed E-state index contributed by atoms with van der Waals surface area (Å²) in [5.41, 5.74) is 5.04. The fourth-order valence-corrected chi connectivity index (χ4v) is 4.13. The van der Waals surface area contributed by atoms with E-state index in [9.17, 15) is 10.2 Å². The second-order valence-corrected chi connectivity index (χ2v) is 7.52. The minimum atomic E-state index is -0.321. The number of ether oxygens (including phenoxy) is 1. The Morgan fingerprint density at radius 1 is 1.00 bits per heavy atom. The summed E-state index contributed by atoms with van der Waals surface area (Å²) in [4.78, 5) is 0. The number of benzene rings is 2. The van der Waals surface area contributed by atoms with Crippen molar-refractivity contribution in [3.63, 3.8) is 0 Å². The Balaban J connectivity index is 1.83. The zero-order valence-corrected chi connectivity index (χ0v) is 15.8. The van der Waals surface area contributed by atoms with Crippen LogP contribution in [-0.2, 0) is 12.8 Å². The first-order chi connectivity index (χ1) is 12.6. The van der Waals surface area contributed by atoms with Crippen LogP contribution >= 0.6 is 0 Å². The molecule has 1 fully saturated rings. The second-order valence-electron chi connectivity index (χ2n) is 7.52. The largest absolute Gasteiger partial charge is 0.496 e. The molecular formula is C23H30O3. The molecule has 0 spiro atoms. The van der Waals surface area contributed by atoms with Gasteiger partial charge in [-0.1, -0.05) is 43.3 Å². The average Bonchev–Trinajstić information content (AvgIpc) is 2.68. The van der Waals surface area contributed by atoms with Gasteiger partial charge in [0.15, 0.2) is 0 Å². The third-order valence-electron chi connectivity index (χ3n) is 5.64. The molecule has 3 heteroatoms. The monoisotopic (exact) mass is 354 g/mol. The fourth-order valence-electron chi connectivity index (χ4n) is 4.13. The van der Waals surface area contributed by atoms with Crippen LogP contribution in [-0.4, -0.2) is 30.0 Å². The van der Waals surface area contributed by atoms with E-state index in [4.69, 9.17) is 4.74 Å². The Morgan fingerprint density at radius 3 is 2.38 bits per heavy atom. The van der Waals surface area contributed by atoms with Crippen LogP contribution in [0, 0.1) is 5.92 Å². The molecule has 0 heterocycles. The summed E-state index contributed by atoms with van der Waals surface area (Å²) in [6, 6.07) is 15.1. The molecule has 0 bridgehead atoms. The van der Waals surface area contributed by atoms with Crippen molar-refractivity contribution in [2.45, 2.75) is 51.0 Å². The van der Waals surface area contributed by atoms with Crippen LogP contribution in [0.15, 0.2) is 42.5 Å². The van der Waals surface area contributed by atoms with Crippen LogP contribution in [0.1, 0.15) is 54.4 Å². The lowest BCUT2D eigenvalue weighted by Crippen LogP contribution is -2.27. The van der Waals surface area contributed by atoms with Gasteiger partial charge >= 0.3 is 0 Å².